The van der Waals surface area contributed by atoms with E-state index in [0.29, 0.717) is 0 Å². The second kappa shape index (κ2) is 4.62. The zero-order valence-electron chi connectivity index (χ0n) is 8.91. The van der Waals surface area contributed by atoms with Crippen LogP contribution < -0.4 is 0 Å². The molecule has 1 unspecified atom stereocenters. The quantitative estimate of drug-likeness (QED) is 0.689. The van der Waals surface area contributed by atoms with Gasteiger partial charge >= 0.3 is 0 Å². The van der Waals surface area contributed by atoms with Crippen molar-refractivity contribution in [3.8, 4) is 0 Å². The molecular formula is C14H13NO. The maximum atomic E-state index is 11.7. The molecule has 0 saturated carbocycles. The van der Waals surface area contributed by atoms with Crippen molar-refractivity contribution in [2.45, 2.75) is 6.04 Å². The Kier molecular flexibility index (Phi) is 3.01. The van der Waals surface area contributed by atoms with Gasteiger partial charge in [0, 0.05) is 6.20 Å². The zero-order chi connectivity index (χ0) is 11.4. The van der Waals surface area contributed by atoms with Gasteiger partial charge in [0.2, 0.25) is 0 Å². The molecule has 1 aromatic carbocycles. The van der Waals surface area contributed by atoms with Gasteiger partial charge in [-0.3, -0.25) is 4.79 Å². The maximum absolute atomic E-state index is 11.7. The summed E-state index contributed by atoms with van der Waals surface area (Å²) in [6, 6.07) is 9.90. The molecule has 1 aliphatic heterocycles. The first kappa shape index (κ1) is 10.4. The minimum absolute atomic E-state index is 0.0308. The van der Waals surface area contributed by atoms with Crippen LogP contribution in [0.2, 0.25) is 0 Å². The Morgan fingerprint density at radius 2 is 2.00 bits per heavy atom. The molecule has 0 saturated heterocycles. The standard InChI is InChI=1S/C14H13NO/c1-2-14(16)15-11-7-6-10-13(15)12-8-4-3-5-9-12/h2-11,13H,1H2. The number of carbonyl (C=O) groups excluding carboxylic acids is 1. The van der Waals surface area contributed by atoms with Crippen molar-refractivity contribution in [3.05, 3.63) is 73.0 Å². The first-order chi connectivity index (χ1) is 7.83. The molecule has 0 N–H and O–H groups in total. The average Bonchev–Trinajstić information content (AvgIpc) is 2.39. The smallest absolute Gasteiger partial charge is 0.250 e. The Balaban J connectivity index is 2.32. The van der Waals surface area contributed by atoms with Gasteiger partial charge in [-0.1, -0.05) is 49.1 Å². The van der Waals surface area contributed by atoms with Crippen LogP contribution in [0.4, 0.5) is 0 Å². The first-order valence-electron chi connectivity index (χ1n) is 5.17. The number of allylic oxidation sites excluding steroid dienone is 2. The summed E-state index contributed by atoms with van der Waals surface area (Å²) in [5.41, 5.74) is 1.10. The van der Waals surface area contributed by atoms with E-state index < -0.39 is 0 Å². The molecule has 1 amide bonds. The monoisotopic (exact) mass is 211 g/mol. The van der Waals surface area contributed by atoms with Crippen LogP contribution in [0, 0.1) is 0 Å². The predicted octanol–water partition coefficient (Wildman–Crippen LogP) is 2.83. The fourth-order valence-corrected chi connectivity index (χ4v) is 1.74. The van der Waals surface area contributed by atoms with Gasteiger partial charge in [-0.25, -0.2) is 0 Å². The molecule has 0 radical (unpaired) electrons. The molecule has 0 spiro atoms. The third-order valence-electron chi connectivity index (χ3n) is 2.52. The topological polar surface area (TPSA) is 20.3 Å². The van der Waals surface area contributed by atoms with E-state index in [1.807, 2.05) is 48.6 Å². The summed E-state index contributed by atoms with van der Waals surface area (Å²) < 4.78 is 0. The Bertz CT molecular complexity index is 445. The summed E-state index contributed by atoms with van der Waals surface area (Å²) in [5, 5.41) is 0. The third kappa shape index (κ3) is 1.96. The predicted molar refractivity (Wildman–Crippen MR) is 64.5 cm³/mol. The van der Waals surface area contributed by atoms with Gasteiger partial charge in [0.15, 0.2) is 0 Å². The first-order valence-corrected chi connectivity index (χ1v) is 5.17. The van der Waals surface area contributed by atoms with E-state index in [-0.39, 0.29) is 11.9 Å². The van der Waals surface area contributed by atoms with E-state index >= 15 is 0 Å². The van der Waals surface area contributed by atoms with E-state index in [2.05, 4.69) is 6.58 Å². The largest absolute Gasteiger partial charge is 0.305 e. The van der Waals surface area contributed by atoms with Crippen molar-refractivity contribution in [2.24, 2.45) is 0 Å². The minimum atomic E-state index is -0.0885. The minimum Gasteiger partial charge on any atom is -0.305 e. The summed E-state index contributed by atoms with van der Waals surface area (Å²) in [7, 11) is 0. The molecule has 80 valence electrons. The van der Waals surface area contributed by atoms with E-state index in [1.54, 1.807) is 11.1 Å². The summed E-state index contributed by atoms with van der Waals surface area (Å²) >= 11 is 0. The van der Waals surface area contributed by atoms with Crippen LogP contribution >= 0.6 is 0 Å². The van der Waals surface area contributed by atoms with E-state index in [1.165, 1.54) is 6.08 Å². The van der Waals surface area contributed by atoms with Crippen molar-refractivity contribution < 1.29 is 4.79 Å². The van der Waals surface area contributed by atoms with Crippen molar-refractivity contribution in [1.82, 2.24) is 4.90 Å². The number of amides is 1. The van der Waals surface area contributed by atoms with E-state index in [4.69, 9.17) is 0 Å². The second-order valence-corrected chi connectivity index (χ2v) is 3.53. The highest BCUT2D eigenvalue weighted by atomic mass is 16.2. The highest BCUT2D eigenvalue weighted by Gasteiger charge is 2.20. The van der Waals surface area contributed by atoms with Gasteiger partial charge < -0.3 is 4.90 Å². The van der Waals surface area contributed by atoms with Crippen molar-refractivity contribution >= 4 is 5.91 Å². The lowest BCUT2D eigenvalue weighted by Crippen LogP contribution is -2.28. The third-order valence-corrected chi connectivity index (χ3v) is 2.52. The number of hydrogen-bond acceptors (Lipinski definition) is 1. The number of carbonyl (C=O) groups is 1. The zero-order valence-corrected chi connectivity index (χ0v) is 8.91. The maximum Gasteiger partial charge on any atom is 0.250 e. The highest BCUT2D eigenvalue weighted by molar-refractivity contribution is 5.88. The Labute approximate surface area is 95.2 Å². The van der Waals surface area contributed by atoms with Gasteiger partial charge in [0.05, 0.1) is 6.04 Å². The fourth-order valence-electron chi connectivity index (χ4n) is 1.74. The molecule has 2 nitrogen and oxygen atoms in total. The number of nitrogens with zero attached hydrogens (tertiary/aromatic N) is 1. The van der Waals surface area contributed by atoms with Gasteiger partial charge in [-0.05, 0) is 17.7 Å². The SMILES string of the molecule is C=CC(=O)N1C=CC=CC1c1ccccc1. The number of rotatable bonds is 2. The summed E-state index contributed by atoms with van der Waals surface area (Å²) in [5.74, 6) is -0.0885. The molecule has 0 aliphatic carbocycles. The Morgan fingerprint density at radius 1 is 1.25 bits per heavy atom. The van der Waals surface area contributed by atoms with Crippen molar-refractivity contribution in [2.75, 3.05) is 0 Å². The van der Waals surface area contributed by atoms with Crippen molar-refractivity contribution in [1.29, 1.82) is 0 Å². The Morgan fingerprint density at radius 3 is 2.69 bits per heavy atom. The van der Waals surface area contributed by atoms with Crippen LogP contribution in [0.25, 0.3) is 0 Å². The van der Waals surface area contributed by atoms with Crippen LogP contribution in [-0.2, 0) is 4.79 Å². The molecule has 0 bridgehead atoms. The summed E-state index contributed by atoms with van der Waals surface area (Å²) in [6.45, 7) is 3.51. The molecule has 0 fully saturated rings. The van der Waals surface area contributed by atoms with Gasteiger partial charge in [-0.15, -0.1) is 0 Å². The lowest BCUT2D eigenvalue weighted by atomic mass is 10.0. The van der Waals surface area contributed by atoms with Crippen LogP contribution in [0.1, 0.15) is 11.6 Å². The second-order valence-electron chi connectivity index (χ2n) is 3.53. The highest BCUT2D eigenvalue weighted by Crippen LogP contribution is 2.25. The molecule has 0 aromatic heterocycles. The van der Waals surface area contributed by atoms with Crippen molar-refractivity contribution in [3.63, 3.8) is 0 Å². The van der Waals surface area contributed by atoms with E-state index in [0.717, 1.165) is 5.56 Å². The molecule has 2 rings (SSSR count). The van der Waals surface area contributed by atoms with Crippen LogP contribution in [0.5, 0.6) is 0 Å². The average molecular weight is 211 g/mol. The molecule has 1 heterocycles. The fraction of sp³-hybridized carbons (Fsp3) is 0.0714. The molecule has 16 heavy (non-hydrogen) atoms. The number of hydrogen-bond donors (Lipinski definition) is 0. The normalized spacial score (nSPS) is 18.5. The lowest BCUT2D eigenvalue weighted by Gasteiger charge is -2.27. The molecule has 1 aromatic rings. The molecular weight excluding hydrogens is 198 g/mol. The number of benzene rings is 1. The Hall–Kier alpha value is -2.09. The molecule has 1 aliphatic rings. The lowest BCUT2D eigenvalue weighted by molar-refractivity contribution is -0.124. The van der Waals surface area contributed by atoms with Gasteiger partial charge in [0.25, 0.3) is 5.91 Å². The summed E-state index contributed by atoms with van der Waals surface area (Å²) in [6.07, 6.45) is 8.91. The molecule has 1 atom stereocenters. The van der Waals surface area contributed by atoms with Gasteiger partial charge in [0.1, 0.15) is 0 Å². The summed E-state index contributed by atoms with van der Waals surface area (Å²) in [4.78, 5) is 13.3. The molecule has 2 heteroatoms. The van der Waals surface area contributed by atoms with E-state index in [9.17, 15) is 4.79 Å². The van der Waals surface area contributed by atoms with Crippen LogP contribution in [0.15, 0.2) is 67.4 Å². The van der Waals surface area contributed by atoms with Crippen LogP contribution in [-0.4, -0.2) is 10.8 Å². The van der Waals surface area contributed by atoms with Gasteiger partial charge in [-0.2, -0.15) is 0 Å². The van der Waals surface area contributed by atoms with Crippen LogP contribution in [0.3, 0.4) is 0 Å².